The Morgan fingerprint density at radius 1 is 0.224 bits per heavy atom. The van der Waals surface area contributed by atoms with Crippen LogP contribution in [0.2, 0.25) is 0 Å². The van der Waals surface area contributed by atoms with E-state index in [2.05, 4.69) is 284 Å². The lowest BCUT2D eigenvalue weighted by Crippen LogP contribution is -2.11. The van der Waals surface area contributed by atoms with Gasteiger partial charge in [-0.3, -0.25) is 0 Å². The molecular formula is C74H64N2. The molecule has 76 heavy (non-hydrogen) atoms. The third kappa shape index (κ3) is 7.60. The highest BCUT2D eigenvalue weighted by Crippen LogP contribution is 2.58. The number of fused-ring (bicyclic) bond motifs is 6. The fourth-order valence-electron chi connectivity index (χ4n) is 12.5. The van der Waals surface area contributed by atoms with Gasteiger partial charge in [-0.25, -0.2) is 0 Å². The van der Waals surface area contributed by atoms with Crippen LogP contribution in [0.4, 0.5) is 34.1 Å². The van der Waals surface area contributed by atoms with E-state index >= 15 is 0 Å². The molecule has 0 unspecified atom stereocenters. The first kappa shape index (κ1) is 47.3. The first-order valence-electron chi connectivity index (χ1n) is 27.5. The van der Waals surface area contributed by atoms with Crippen LogP contribution in [0.15, 0.2) is 218 Å². The van der Waals surface area contributed by atoms with Gasteiger partial charge in [-0.05, 0) is 183 Å². The molecule has 0 aliphatic rings. The van der Waals surface area contributed by atoms with Crippen LogP contribution in [-0.2, 0) is 0 Å². The Balaban J connectivity index is 1.14. The van der Waals surface area contributed by atoms with Crippen molar-refractivity contribution in [3.05, 3.63) is 241 Å². The zero-order valence-electron chi connectivity index (χ0n) is 45.0. The molecule has 0 bridgehead atoms. The largest absolute Gasteiger partial charge is 0.310 e. The summed E-state index contributed by atoms with van der Waals surface area (Å²) in [5.41, 5.74) is 17.3. The molecule has 0 heterocycles. The summed E-state index contributed by atoms with van der Waals surface area (Å²) in [4.78, 5) is 4.96. The smallest absolute Gasteiger partial charge is 0.0540 e. The van der Waals surface area contributed by atoms with Gasteiger partial charge in [-0.15, -0.1) is 0 Å². The van der Waals surface area contributed by atoms with Gasteiger partial charge in [0.05, 0.1) is 11.4 Å². The van der Waals surface area contributed by atoms with Crippen LogP contribution in [0.25, 0.3) is 86.9 Å². The maximum Gasteiger partial charge on any atom is 0.0540 e. The second-order valence-corrected chi connectivity index (χ2v) is 22.4. The van der Waals surface area contributed by atoms with Crippen LogP contribution in [0.5, 0.6) is 0 Å². The van der Waals surface area contributed by atoms with Crippen molar-refractivity contribution in [3.8, 4) is 22.3 Å². The van der Waals surface area contributed by atoms with Crippen molar-refractivity contribution in [1.82, 2.24) is 0 Å². The van der Waals surface area contributed by atoms with Crippen molar-refractivity contribution in [2.45, 2.75) is 79.1 Å². The maximum atomic E-state index is 2.48. The van der Waals surface area contributed by atoms with Gasteiger partial charge in [0.15, 0.2) is 0 Å². The van der Waals surface area contributed by atoms with Crippen LogP contribution in [0.3, 0.4) is 0 Å². The van der Waals surface area contributed by atoms with Crippen LogP contribution in [0.1, 0.15) is 101 Å². The van der Waals surface area contributed by atoms with Gasteiger partial charge in [-0.2, -0.15) is 0 Å². The van der Waals surface area contributed by atoms with Gasteiger partial charge in [0.2, 0.25) is 0 Å². The summed E-state index contributed by atoms with van der Waals surface area (Å²) >= 11 is 0. The van der Waals surface area contributed by atoms with Crippen molar-refractivity contribution in [2.24, 2.45) is 0 Å². The highest BCUT2D eigenvalue weighted by Gasteiger charge is 2.30. The highest BCUT2D eigenvalue weighted by atomic mass is 15.1. The second-order valence-electron chi connectivity index (χ2n) is 22.4. The summed E-state index contributed by atoms with van der Waals surface area (Å²) in [7, 11) is 0. The third-order valence-corrected chi connectivity index (χ3v) is 16.5. The lowest BCUT2D eigenvalue weighted by Gasteiger charge is -2.28. The van der Waals surface area contributed by atoms with E-state index < -0.39 is 0 Å². The second kappa shape index (κ2) is 18.7. The minimum atomic E-state index is 0.443. The van der Waals surface area contributed by atoms with Crippen molar-refractivity contribution in [3.63, 3.8) is 0 Å². The van der Waals surface area contributed by atoms with Gasteiger partial charge in [0.1, 0.15) is 0 Å². The molecule has 2 nitrogen and oxygen atoms in total. The fourth-order valence-corrected chi connectivity index (χ4v) is 12.5. The summed E-state index contributed by atoms with van der Waals surface area (Å²) in [6, 6.07) is 83.1. The Hall–Kier alpha value is -8.46. The average molecular weight is 981 g/mol. The van der Waals surface area contributed by atoms with Crippen LogP contribution < -0.4 is 9.80 Å². The number of benzene rings is 11. The minimum Gasteiger partial charge on any atom is -0.310 e. The lowest BCUT2D eigenvalue weighted by atomic mass is 9.87. The standard InChI is InChI=1S/C74H64N2/c1-45(2)49-25-33-55(34-26-49)75(56-35-27-50(28-36-56)46(3)4)65-43-41-63-69-59(65)21-15-23-61(69)71-67(53-17-11-9-12-18-53)72-62-24-16-22-60-66(44-42-64(70(60)62)74(72)68(73(63)71)54-19-13-10-14-20-54)76(57-37-29-51(30-38-57)47(5)6)58-39-31-52(32-40-58)48(7)8/h9-48H,1-8H3. The molecule has 0 saturated carbocycles. The third-order valence-electron chi connectivity index (χ3n) is 16.5. The molecule has 0 saturated heterocycles. The Bertz CT molecular complexity index is 3790. The molecule has 0 spiro atoms. The molecule has 0 aliphatic heterocycles. The number of rotatable bonds is 12. The van der Waals surface area contributed by atoms with Crippen LogP contribution in [0, 0.1) is 0 Å². The Morgan fingerprint density at radius 3 is 0.763 bits per heavy atom. The molecule has 13 rings (SSSR count). The van der Waals surface area contributed by atoms with Gasteiger partial charge in [0, 0.05) is 33.5 Å². The van der Waals surface area contributed by atoms with E-state index in [0.29, 0.717) is 23.7 Å². The Morgan fingerprint density at radius 2 is 0.487 bits per heavy atom. The number of hydrogen-bond acceptors (Lipinski definition) is 2. The summed E-state index contributed by atoms with van der Waals surface area (Å²) in [6.45, 7) is 18.2. The van der Waals surface area contributed by atoms with Crippen molar-refractivity contribution in [2.75, 3.05) is 9.80 Å². The molecular weight excluding hydrogens is 917 g/mol. The summed E-state index contributed by atoms with van der Waals surface area (Å²) < 4.78 is 0. The first-order chi connectivity index (χ1) is 37.0. The first-order valence-corrected chi connectivity index (χ1v) is 27.5. The van der Waals surface area contributed by atoms with Crippen molar-refractivity contribution < 1.29 is 0 Å². The van der Waals surface area contributed by atoms with E-state index in [1.54, 1.807) is 0 Å². The van der Waals surface area contributed by atoms with Gasteiger partial charge in [0.25, 0.3) is 0 Å². The molecule has 0 radical (unpaired) electrons. The number of nitrogens with zero attached hydrogens (tertiary/aromatic N) is 2. The van der Waals surface area contributed by atoms with Crippen LogP contribution in [-0.4, -0.2) is 0 Å². The average Bonchev–Trinajstić information content (AvgIpc) is 4.15. The molecule has 13 aromatic carbocycles. The van der Waals surface area contributed by atoms with Crippen LogP contribution >= 0.6 is 0 Å². The molecule has 370 valence electrons. The number of anilines is 6. The van der Waals surface area contributed by atoms with Gasteiger partial charge < -0.3 is 9.80 Å². The van der Waals surface area contributed by atoms with E-state index in [0.717, 1.165) is 22.7 Å². The normalized spacial score (nSPS) is 12.2. The lowest BCUT2D eigenvalue weighted by molar-refractivity contribution is 0.866. The molecule has 0 N–H and O–H groups in total. The number of hydrogen-bond donors (Lipinski definition) is 0. The van der Waals surface area contributed by atoms with E-state index in [1.807, 2.05) is 0 Å². The quantitative estimate of drug-likeness (QED) is 0.120. The molecule has 13 aromatic rings. The zero-order chi connectivity index (χ0) is 51.9. The summed E-state index contributed by atoms with van der Waals surface area (Å²) in [5, 5.41) is 15.4. The van der Waals surface area contributed by atoms with E-state index in [9.17, 15) is 0 Å². The van der Waals surface area contributed by atoms with E-state index in [4.69, 9.17) is 0 Å². The minimum absolute atomic E-state index is 0.443. The summed E-state index contributed by atoms with van der Waals surface area (Å²) in [6.07, 6.45) is 0. The highest BCUT2D eigenvalue weighted by molar-refractivity contribution is 6.47. The van der Waals surface area contributed by atoms with Gasteiger partial charge >= 0.3 is 0 Å². The Labute approximate surface area is 448 Å². The molecule has 0 atom stereocenters. The molecule has 2 heteroatoms. The van der Waals surface area contributed by atoms with Crippen molar-refractivity contribution >= 4 is 98.8 Å². The van der Waals surface area contributed by atoms with E-state index in [-0.39, 0.29) is 0 Å². The zero-order valence-corrected chi connectivity index (χ0v) is 45.0. The maximum absolute atomic E-state index is 2.48. The van der Waals surface area contributed by atoms with Gasteiger partial charge in [-0.1, -0.05) is 213 Å². The topological polar surface area (TPSA) is 6.48 Å². The predicted molar refractivity (Wildman–Crippen MR) is 330 cm³/mol. The SMILES string of the molecule is CC(C)c1ccc(N(c2ccc(C(C)C)cc2)c2ccc3c4c(-c5ccccc5)c5c6ccc(N(c7ccc(C(C)C)cc7)c7ccc(C(C)C)cc7)c7cccc(c5c(-c5ccccc5)c4c4cccc2c43)c76)cc1. The Kier molecular flexibility index (Phi) is 11.6. The molecule has 0 amide bonds. The monoisotopic (exact) mass is 981 g/mol. The fraction of sp³-hybridized carbons (Fsp3) is 0.162. The summed E-state index contributed by atoms with van der Waals surface area (Å²) in [5.74, 6) is 1.77. The molecule has 0 aromatic heterocycles. The van der Waals surface area contributed by atoms with E-state index in [1.165, 1.54) is 121 Å². The molecule has 0 fully saturated rings. The molecule has 0 aliphatic carbocycles. The predicted octanol–water partition coefficient (Wildman–Crippen LogP) is 22.2. The van der Waals surface area contributed by atoms with Crippen molar-refractivity contribution in [1.29, 1.82) is 0 Å².